The van der Waals surface area contributed by atoms with Gasteiger partial charge in [-0.25, -0.2) is 0 Å². The Labute approximate surface area is 167 Å². The third kappa shape index (κ3) is 3.69. The number of hydrogen-bond acceptors (Lipinski definition) is 3. The number of halogens is 1. The van der Waals surface area contributed by atoms with E-state index in [4.69, 9.17) is 4.74 Å². The molecule has 2 aliphatic rings. The van der Waals surface area contributed by atoms with Gasteiger partial charge in [0.25, 0.3) is 0 Å². The first kappa shape index (κ1) is 19.7. The van der Waals surface area contributed by atoms with E-state index in [0.29, 0.717) is 12.5 Å². The molecular weight excluding hydrogens is 360 g/mol. The Morgan fingerprint density at radius 3 is 2.52 bits per heavy atom. The summed E-state index contributed by atoms with van der Waals surface area (Å²) in [7, 11) is 1.68. The van der Waals surface area contributed by atoms with E-state index >= 15 is 0 Å². The lowest BCUT2D eigenvalue weighted by atomic mass is 9.69. The lowest BCUT2D eigenvalue weighted by Crippen LogP contribution is -2.47. The van der Waals surface area contributed by atoms with Gasteiger partial charge in [-0.2, -0.15) is 0 Å². The van der Waals surface area contributed by atoms with Crippen LogP contribution in [0.1, 0.15) is 29.9 Å². The summed E-state index contributed by atoms with van der Waals surface area (Å²) in [5.41, 5.74) is 2.11. The van der Waals surface area contributed by atoms with Crippen molar-refractivity contribution in [2.45, 2.75) is 25.3 Å². The SMILES string of the molecule is COc1ccc(C2CN(Cc3ccccc3)C(=O)C23CCCNC3)cc1.Cl. The molecule has 2 aromatic rings. The summed E-state index contributed by atoms with van der Waals surface area (Å²) in [6.07, 6.45) is 2.01. The first-order valence-corrected chi connectivity index (χ1v) is 9.41. The molecule has 2 unspecified atom stereocenters. The van der Waals surface area contributed by atoms with Crippen LogP contribution in [0.2, 0.25) is 0 Å². The summed E-state index contributed by atoms with van der Waals surface area (Å²) < 4.78 is 5.30. The number of methoxy groups -OCH3 is 1. The minimum absolute atomic E-state index is 0. The Morgan fingerprint density at radius 2 is 1.89 bits per heavy atom. The second kappa shape index (κ2) is 8.32. The second-order valence-electron chi connectivity index (χ2n) is 7.43. The summed E-state index contributed by atoms with van der Waals surface area (Å²) in [6.45, 7) is 3.24. The van der Waals surface area contributed by atoms with E-state index in [-0.39, 0.29) is 23.7 Å². The minimum Gasteiger partial charge on any atom is -0.497 e. The first-order valence-electron chi connectivity index (χ1n) is 9.41. The lowest BCUT2D eigenvalue weighted by Gasteiger charge is -2.37. The molecule has 4 rings (SSSR count). The number of rotatable bonds is 4. The molecule has 0 aromatic heterocycles. The Balaban J connectivity index is 0.00000210. The number of nitrogens with zero attached hydrogens (tertiary/aromatic N) is 1. The van der Waals surface area contributed by atoms with Crippen LogP contribution >= 0.6 is 12.4 Å². The van der Waals surface area contributed by atoms with Crippen molar-refractivity contribution in [3.63, 3.8) is 0 Å². The van der Waals surface area contributed by atoms with Crippen LogP contribution in [-0.2, 0) is 11.3 Å². The average Bonchev–Trinajstić information content (AvgIpc) is 2.95. The number of likely N-dealkylation sites (tertiary alicyclic amines) is 1. The molecule has 2 saturated heterocycles. The monoisotopic (exact) mass is 386 g/mol. The van der Waals surface area contributed by atoms with Crippen molar-refractivity contribution >= 4 is 18.3 Å². The molecule has 5 heteroatoms. The molecule has 1 N–H and O–H groups in total. The van der Waals surface area contributed by atoms with Gasteiger partial charge in [0.2, 0.25) is 5.91 Å². The van der Waals surface area contributed by atoms with E-state index in [2.05, 4.69) is 34.5 Å². The van der Waals surface area contributed by atoms with E-state index in [1.807, 2.05) is 30.3 Å². The van der Waals surface area contributed by atoms with Crippen LogP contribution in [0.25, 0.3) is 0 Å². The first-order chi connectivity index (χ1) is 12.7. The maximum Gasteiger partial charge on any atom is 0.231 e. The zero-order valence-electron chi connectivity index (χ0n) is 15.7. The maximum absolute atomic E-state index is 13.5. The highest BCUT2D eigenvalue weighted by atomic mass is 35.5. The van der Waals surface area contributed by atoms with E-state index in [0.717, 1.165) is 38.2 Å². The van der Waals surface area contributed by atoms with Crippen LogP contribution < -0.4 is 10.1 Å². The molecule has 0 bridgehead atoms. The van der Waals surface area contributed by atoms with Crippen LogP contribution in [0.15, 0.2) is 54.6 Å². The number of nitrogens with one attached hydrogen (secondary N) is 1. The molecule has 144 valence electrons. The summed E-state index contributed by atoms with van der Waals surface area (Å²) >= 11 is 0. The van der Waals surface area contributed by atoms with E-state index in [9.17, 15) is 4.79 Å². The van der Waals surface area contributed by atoms with Crippen LogP contribution in [0.3, 0.4) is 0 Å². The van der Waals surface area contributed by atoms with Crippen molar-refractivity contribution in [3.05, 3.63) is 65.7 Å². The predicted molar refractivity (Wildman–Crippen MR) is 109 cm³/mol. The van der Waals surface area contributed by atoms with E-state index in [1.54, 1.807) is 7.11 Å². The second-order valence-corrected chi connectivity index (χ2v) is 7.43. The van der Waals surface area contributed by atoms with Gasteiger partial charge in [0.05, 0.1) is 12.5 Å². The fourth-order valence-corrected chi connectivity index (χ4v) is 4.55. The van der Waals surface area contributed by atoms with E-state index in [1.165, 1.54) is 11.1 Å². The molecule has 2 fully saturated rings. The highest BCUT2D eigenvalue weighted by Crippen LogP contribution is 2.48. The molecule has 1 spiro atoms. The van der Waals surface area contributed by atoms with Crippen molar-refractivity contribution in [1.29, 1.82) is 0 Å². The lowest BCUT2D eigenvalue weighted by molar-refractivity contribution is -0.137. The third-order valence-corrected chi connectivity index (χ3v) is 5.93. The van der Waals surface area contributed by atoms with Crippen molar-refractivity contribution in [2.75, 3.05) is 26.7 Å². The summed E-state index contributed by atoms with van der Waals surface area (Å²) in [5, 5.41) is 3.48. The number of ether oxygens (including phenoxy) is 1. The largest absolute Gasteiger partial charge is 0.497 e. The summed E-state index contributed by atoms with van der Waals surface area (Å²) in [6, 6.07) is 18.5. The van der Waals surface area contributed by atoms with Crippen molar-refractivity contribution in [2.24, 2.45) is 5.41 Å². The van der Waals surface area contributed by atoms with Crippen LogP contribution in [0, 0.1) is 5.41 Å². The van der Waals surface area contributed by atoms with Crippen LogP contribution in [0.5, 0.6) is 5.75 Å². The maximum atomic E-state index is 13.5. The molecule has 2 heterocycles. The molecule has 4 nitrogen and oxygen atoms in total. The Morgan fingerprint density at radius 1 is 1.15 bits per heavy atom. The zero-order chi connectivity index (χ0) is 18.0. The Kier molecular flexibility index (Phi) is 6.08. The third-order valence-electron chi connectivity index (χ3n) is 5.93. The number of carbonyl (C=O) groups excluding carboxylic acids is 1. The molecule has 2 aromatic carbocycles. The number of amides is 1. The highest BCUT2D eigenvalue weighted by Gasteiger charge is 2.54. The molecule has 0 aliphatic carbocycles. The standard InChI is InChI=1S/C22H26N2O2.ClH/c1-26-19-10-8-18(9-11-19)20-15-24(14-17-6-3-2-4-7-17)21(25)22(20)12-5-13-23-16-22;/h2-4,6-11,20,23H,5,12-16H2,1H3;1H. The molecular formula is C22H27ClN2O2. The minimum atomic E-state index is -0.318. The molecule has 27 heavy (non-hydrogen) atoms. The van der Waals surface area contributed by atoms with Gasteiger partial charge in [0.1, 0.15) is 5.75 Å². The summed E-state index contributed by atoms with van der Waals surface area (Å²) in [5.74, 6) is 1.38. The Bertz CT molecular complexity index is 758. The molecule has 1 amide bonds. The summed E-state index contributed by atoms with van der Waals surface area (Å²) in [4.78, 5) is 15.5. The van der Waals surface area contributed by atoms with Gasteiger partial charge >= 0.3 is 0 Å². The van der Waals surface area contributed by atoms with Gasteiger partial charge < -0.3 is 15.0 Å². The van der Waals surface area contributed by atoms with Gasteiger partial charge in [-0.3, -0.25) is 4.79 Å². The number of hydrogen-bond donors (Lipinski definition) is 1. The Hall–Kier alpha value is -2.04. The molecule has 2 aliphatic heterocycles. The normalized spacial score (nSPS) is 24.7. The number of carbonyl (C=O) groups is 1. The van der Waals surface area contributed by atoms with Gasteiger partial charge in [0, 0.05) is 25.6 Å². The van der Waals surface area contributed by atoms with Crippen LogP contribution in [0.4, 0.5) is 0 Å². The molecule has 2 atom stereocenters. The topological polar surface area (TPSA) is 41.6 Å². The van der Waals surface area contributed by atoms with Gasteiger partial charge in [-0.15, -0.1) is 12.4 Å². The zero-order valence-corrected chi connectivity index (χ0v) is 16.5. The van der Waals surface area contributed by atoms with Gasteiger partial charge in [-0.05, 0) is 42.6 Å². The quantitative estimate of drug-likeness (QED) is 0.872. The van der Waals surface area contributed by atoms with Gasteiger partial charge in [0.15, 0.2) is 0 Å². The van der Waals surface area contributed by atoms with Crippen molar-refractivity contribution < 1.29 is 9.53 Å². The fourth-order valence-electron chi connectivity index (χ4n) is 4.55. The van der Waals surface area contributed by atoms with E-state index < -0.39 is 0 Å². The van der Waals surface area contributed by atoms with Crippen molar-refractivity contribution in [1.82, 2.24) is 10.2 Å². The average molecular weight is 387 g/mol. The molecule has 0 saturated carbocycles. The van der Waals surface area contributed by atoms with Crippen LogP contribution in [-0.4, -0.2) is 37.6 Å². The highest BCUT2D eigenvalue weighted by molar-refractivity contribution is 5.87. The predicted octanol–water partition coefficient (Wildman–Crippen LogP) is 3.61. The number of benzene rings is 2. The fraction of sp³-hybridized carbons (Fsp3) is 0.409. The van der Waals surface area contributed by atoms with Crippen molar-refractivity contribution in [3.8, 4) is 5.75 Å². The smallest absolute Gasteiger partial charge is 0.231 e. The number of piperidine rings is 1. The molecule has 0 radical (unpaired) electrons. The van der Waals surface area contributed by atoms with Gasteiger partial charge in [-0.1, -0.05) is 42.5 Å².